The highest BCUT2D eigenvalue weighted by Crippen LogP contribution is 2.32. The molecular weight excluding hydrogens is 356 g/mol. The number of carbonyl (C=O) groups is 1. The molecule has 1 aromatic carbocycles. The van der Waals surface area contributed by atoms with Crippen LogP contribution in [0.25, 0.3) is 0 Å². The Labute approximate surface area is 143 Å². The smallest absolute Gasteiger partial charge is 0.272 e. The summed E-state index contributed by atoms with van der Waals surface area (Å²) >= 11 is 22.5. The average Bonchev–Trinajstić information content (AvgIpc) is 2.42. The van der Waals surface area contributed by atoms with Crippen LogP contribution in [0, 0.1) is 12.3 Å². The first-order valence-corrected chi connectivity index (χ1v) is 7.16. The molecule has 0 saturated heterocycles. The van der Waals surface area contributed by atoms with Crippen LogP contribution in [-0.4, -0.2) is 16.3 Å². The van der Waals surface area contributed by atoms with E-state index < -0.39 is 15.7 Å². The molecule has 112 valence electrons. The standard InChI is InChI=1S/C14H11Cl4NO2/c1-3-7-21-12-6-5-9(15)8-10(12)11(4-2)19-13(20)14(16,17)18/h1,4-6,8,11H,2,7H2,(H,19,20). The Morgan fingerprint density at radius 2 is 2.19 bits per heavy atom. The summed E-state index contributed by atoms with van der Waals surface area (Å²) in [6.45, 7) is 3.71. The number of amides is 1. The maximum Gasteiger partial charge on any atom is 0.272 e. The molecule has 0 aliphatic heterocycles. The van der Waals surface area contributed by atoms with Gasteiger partial charge in [0.15, 0.2) is 0 Å². The topological polar surface area (TPSA) is 38.3 Å². The first-order chi connectivity index (χ1) is 9.79. The fourth-order valence-electron chi connectivity index (χ4n) is 1.50. The van der Waals surface area contributed by atoms with Crippen molar-refractivity contribution in [1.82, 2.24) is 5.32 Å². The summed E-state index contributed by atoms with van der Waals surface area (Å²) in [5.74, 6) is 2.01. The van der Waals surface area contributed by atoms with Crippen LogP contribution < -0.4 is 10.1 Å². The minimum absolute atomic E-state index is 0.0664. The van der Waals surface area contributed by atoms with Gasteiger partial charge in [-0.15, -0.1) is 13.0 Å². The zero-order valence-electron chi connectivity index (χ0n) is 10.7. The van der Waals surface area contributed by atoms with Crippen LogP contribution in [0.1, 0.15) is 11.6 Å². The second-order valence-corrected chi connectivity index (χ2v) is 6.58. The molecule has 0 spiro atoms. The van der Waals surface area contributed by atoms with Crippen molar-refractivity contribution in [2.45, 2.75) is 9.83 Å². The highest BCUT2D eigenvalue weighted by Gasteiger charge is 2.32. The second kappa shape index (κ2) is 7.82. The molecule has 1 atom stereocenters. The Bertz CT molecular complexity index is 575. The Balaban J connectivity index is 3.09. The summed E-state index contributed by atoms with van der Waals surface area (Å²) in [7, 11) is 0. The number of nitrogens with one attached hydrogen (secondary N) is 1. The van der Waals surface area contributed by atoms with E-state index in [4.69, 9.17) is 57.6 Å². The molecule has 1 N–H and O–H groups in total. The molecular formula is C14H11Cl4NO2. The van der Waals surface area contributed by atoms with E-state index in [2.05, 4.69) is 17.8 Å². The molecule has 1 aromatic rings. The third-order valence-electron chi connectivity index (χ3n) is 2.40. The molecule has 0 aliphatic rings. The second-order valence-electron chi connectivity index (χ2n) is 3.86. The van der Waals surface area contributed by atoms with Crippen molar-refractivity contribution in [3.63, 3.8) is 0 Å². The molecule has 7 heteroatoms. The van der Waals surface area contributed by atoms with Gasteiger partial charge in [-0.25, -0.2) is 0 Å². The maximum absolute atomic E-state index is 11.8. The predicted octanol–water partition coefficient (Wildman–Crippen LogP) is 4.07. The zero-order chi connectivity index (χ0) is 16.0. The van der Waals surface area contributed by atoms with E-state index in [1.807, 2.05) is 0 Å². The van der Waals surface area contributed by atoms with Gasteiger partial charge < -0.3 is 10.1 Å². The van der Waals surface area contributed by atoms with E-state index in [0.717, 1.165) is 0 Å². The highest BCUT2D eigenvalue weighted by molar-refractivity contribution is 6.76. The molecule has 1 amide bonds. The van der Waals surface area contributed by atoms with Crippen molar-refractivity contribution >= 4 is 52.3 Å². The molecule has 0 heterocycles. The molecule has 0 fully saturated rings. The fraction of sp³-hybridized carbons (Fsp3) is 0.214. The number of rotatable bonds is 5. The van der Waals surface area contributed by atoms with Gasteiger partial charge in [-0.1, -0.05) is 58.4 Å². The summed E-state index contributed by atoms with van der Waals surface area (Å²) in [4.78, 5) is 11.8. The van der Waals surface area contributed by atoms with E-state index in [1.54, 1.807) is 18.2 Å². The number of hydrogen-bond donors (Lipinski definition) is 1. The third kappa shape index (κ3) is 5.33. The maximum atomic E-state index is 11.8. The SMILES string of the molecule is C#CCOc1ccc(Cl)cc1C(C=C)NC(=O)C(Cl)(Cl)Cl. The molecule has 21 heavy (non-hydrogen) atoms. The molecule has 0 bridgehead atoms. The zero-order valence-corrected chi connectivity index (χ0v) is 13.7. The average molecular weight is 367 g/mol. The van der Waals surface area contributed by atoms with Crippen LogP contribution in [0.5, 0.6) is 5.75 Å². The Morgan fingerprint density at radius 3 is 2.71 bits per heavy atom. The lowest BCUT2D eigenvalue weighted by molar-refractivity contribution is -0.120. The summed E-state index contributed by atoms with van der Waals surface area (Å²) < 4.78 is 3.31. The molecule has 3 nitrogen and oxygen atoms in total. The number of terminal acetylenes is 1. The van der Waals surface area contributed by atoms with Crippen molar-refractivity contribution < 1.29 is 9.53 Å². The van der Waals surface area contributed by atoms with E-state index >= 15 is 0 Å². The lowest BCUT2D eigenvalue weighted by Crippen LogP contribution is -2.36. The summed E-state index contributed by atoms with van der Waals surface area (Å²) in [5.41, 5.74) is 0.551. The van der Waals surface area contributed by atoms with Gasteiger partial charge in [0.2, 0.25) is 0 Å². The van der Waals surface area contributed by atoms with Crippen LogP contribution in [0.3, 0.4) is 0 Å². The van der Waals surface area contributed by atoms with Crippen molar-refractivity contribution in [3.05, 3.63) is 41.4 Å². The van der Waals surface area contributed by atoms with E-state index in [-0.39, 0.29) is 6.61 Å². The molecule has 1 rings (SSSR count). The predicted molar refractivity (Wildman–Crippen MR) is 87.2 cm³/mol. The van der Waals surface area contributed by atoms with Crippen molar-refractivity contribution in [3.8, 4) is 18.1 Å². The van der Waals surface area contributed by atoms with Crippen LogP contribution in [0.15, 0.2) is 30.9 Å². The number of benzene rings is 1. The van der Waals surface area contributed by atoms with Gasteiger partial charge in [0, 0.05) is 10.6 Å². The van der Waals surface area contributed by atoms with Gasteiger partial charge in [0.05, 0.1) is 6.04 Å². The van der Waals surface area contributed by atoms with Crippen LogP contribution in [0.2, 0.25) is 5.02 Å². The minimum Gasteiger partial charge on any atom is -0.481 e. The Morgan fingerprint density at radius 1 is 1.52 bits per heavy atom. The van der Waals surface area contributed by atoms with Gasteiger partial charge >= 0.3 is 0 Å². The van der Waals surface area contributed by atoms with Crippen molar-refractivity contribution in [2.24, 2.45) is 0 Å². The normalized spacial score (nSPS) is 12.1. The number of ether oxygens (including phenoxy) is 1. The van der Waals surface area contributed by atoms with Gasteiger partial charge in [-0.3, -0.25) is 4.79 Å². The van der Waals surface area contributed by atoms with E-state index in [0.29, 0.717) is 16.3 Å². The van der Waals surface area contributed by atoms with E-state index in [1.165, 1.54) is 6.08 Å². The molecule has 1 unspecified atom stereocenters. The largest absolute Gasteiger partial charge is 0.481 e. The first kappa shape index (κ1) is 18.0. The minimum atomic E-state index is -2.08. The molecule has 0 radical (unpaired) electrons. The number of halogens is 4. The summed E-state index contributed by atoms with van der Waals surface area (Å²) in [5, 5.41) is 2.98. The quantitative estimate of drug-likeness (QED) is 0.484. The Hall–Kier alpha value is -1.05. The van der Waals surface area contributed by atoms with Gasteiger partial charge in [-0.05, 0) is 18.2 Å². The summed E-state index contributed by atoms with van der Waals surface area (Å²) in [6, 6.07) is 4.22. The Kier molecular flexibility index (Phi) is 6.70. The molecule has 0 aromatic heterocycles. The highest BCUT2D eigenvalue weighted by atomic mass is 35.6. The third-order valence-corrected chi connectivity index (χ3v) is 3.15. The lowest BCUT2D eigenvalue weighted by atomic mass is 10.1. The van der Waals surface area contributed by atoms with Crippen molar-refractivity contribution in [1.29, 1.82) is 0 Å². The lowest BCUT2D eigenvalue weighted by Gasteiger charge is -2.21. The first-order valence-electron chi connectivity index (χ1n) is 5.65. The molecule has 0 aliphatic carbocycles. The monoisotopic (exact) mass is 365 g/mol. The number of carbonyl (C=O) groups excluding carboxylic acids is 1. The summed E-state index contributed by atoms with van der Waals surface area (Å²) in [6.07, 6.45) is 6.62. The van der Waals surface area contributed by atoms with Gasteiger partial charge in [0.1, 0.15) is 12.4 Å². The molecule has 0 saturated carbocycles. The van der Waals surface area contributed by atoms with Crippen molar-refractivity contribution in [2.75, 3.05) is 6.61 Å². The van der Waals surface area contributed by atoms with Gasteiger partial charge in [-0.2, -0.15) is 0 Å². The van der Waals surface area contributed by atoms with Gasteiger partial charge in [0.25, 0.3) is 9.70 Å². The number of hydrogen-bond acceptors (Lipinski definition) is 2. The number of alkyl halides is 3. The fourth-order valence-corrected chi connectivity index (χ4v) is 1.84. The van der Waals surface area contributed by atoms with Crippen LogP contribution in [0.4, 0.5) is 0 Å². The van der Waals surface area contributed by atoms with E-state index in [9.17, 15) is 4.79 Å². The van der Waals surface area contributed by atoms with Crippen LogP contribution in [-0.2, 0) is 4.79 Å². The van der Waals surface area contributed by atoms with Crippen LogP contribution >= 0.6 is 46.4 Å².